The Balaban J connectivity index is 1.13. The van der Waals surface area contributed by atoms with Gasteiger partial charge in [-0.25, -0.2) is 15.0 Å². The van der Waals surface area contributed by atoms with Crippen molar-refractivity contribution < 1.29 is 4.42 Å². The van der Waals surface area contributed by atoms with Crippen LogP contribution in [0.25, 0.3) is 122 Å². The molecule has 0 spiro atoms. The summed E-state index contributed by atoms with van der Waals surface area (Å²) in [5.41, 5.74) is 12.7. The van der Waals surface area contributed by atoms with Gasteiger partial charge in [0, 0.05) is 54.7 Å². The van der Waals surface area contributed by atoms with Gasteiger partial charge < -0.3 is 13.6 Å². The van der Waals surface area contributed by atoms with Crippen LogP contribution in [0.1, 0.15) is 5.56 Å². The van der Waals surface area contributed by atoms with Crippen molar-refractivity contribution in [1.29, 1.82) is 5.26 Å². The second kappa shape index (κ2) is 14.5. The third-order valence-electron chi connectivity index (χ3n) is 12.6. The van der Waals surface area contributed by atoms with Crippen LogP contribution < -0.4 is 0 Å². The fourth-order valence-electron chi connectivity index (χ4n) is 9.75. The topological polar surface area (TPSA) is 85.5 Å². The van der Waals surface area contributed by atoms with Gasteiger partial charge in [-0.15, -0.1) is 0 Å². The molecule has 0 unspecified atom stereocenters. The van der Waals surface area contributed by atoms with Gasteiger partial charge in [0.1, 0.15) is 11.2 Å². The molecule has 0 saturated carbocycles. The molecule has 9 aromatic carbocycles. The smallest absolute Gasteiger partial charge is 0.166 e. The Morgan fingerprint density at radius 1 is 0.400 bits per heavy atom. The fraction of sp³-hybridized carbons (Fsp3) is 0. The minimum absolute atomic E-state index is 0.446. The van der Waals surface area contributed by atoms with Gasteiger partial charge in [-0.1, -0.05) is 133 Å². The van der Waals surface area contributed by atoms with Crippen molar-refractivity contribution in [2.75, 3.05) is 0 Å². The van der Waals surface area contributed by atoms with E-state index in [2.05, 4.69) is 143 Å². The summed E-state index contributed by atoms with van der Waals surface area (Å²) in [6.07, 6.45) is 0. The Bertz CT molecular complexity index is 4080. The van der Waals surface area contributed by atoms with Gasteiger partial charge in [-0.2, -0.15) is 5.26 Å². The van der Waals surface area contributed by atoms with Crippen LogP contribution in [0.5, 0.6) is 0 Å². The Morgan fingerprint density at radius 3 is 1.83 bits per heavy atom. The second-order valence-corrected chi connectivity index (χ2v) is 16.3. The molecule has 0 saturated heterocycles. The van der Waals surface area contributed by atoms with Crippen molar-refractivity contribution >= 4 is 65.6 Å². The summed E-state index contributed by atoms with van der Waals surface area (Å²) in [6, 6.07) is 73.2. The molecule has 65 heavy (non-hydrogen) atoms. The Hall–Kier alpha value is -9.12. The van der Waals surface area contributed by atoms with Gasteiger partial charge in [-0.3, -0.25) is 0 Å². The lowest BCUT2D eigenvalue weighted by atomic mass is 9.99. The zero-order valence-corrected chi connectivity index (χ0v) is 34.7. The SMILES string of the molecule is N#Cc1ccc(-n2c3ccccc3c3ccc4c(c5ccccc5n4-c4ccccc4)c32)c(-c2nc(-c3ccc4oc5ccccc5c4c3)nc(-c3ccccc3-c3ccccc3)n2)c1. The summed E-state index contributed by atoms with van der Waals surface area (Å²) >= 11 is 0. The monoisotopic (exact) mass is 830 g/mol. The first-order valence-corrected chi connectivity index (χ1v) is 21.6. The van der Waals surface area contributed by atoms with Crippen molar-refractivity contribution in [3.05, 3.63) is 212 Å². The van der Waals surface area contributed by atoms with E-state index in [1.807, 2.05) is 78.9 Å². The van der Waals surface area contributed by atoms with E-state index >= 15 is 0 Å². The third-order valence-corrected chi connectivity index (χ3v) is 12.6. The van der Waals surface area contributed by atoms with E-state index < -0.39 is 0 Å². The zero-order chi connectivity index (χ0) is 43.0. The molecule has 0 aliphatic rings. The number of para-hydroxylation sites is 4. The van der Waals surface area contributed by atoms with E-state index in [-0.39, 0.29) is 0 Å². The first-order chi connectivity index (χ1) is 32.2. The molecule has 0 bridgehead atoms. The van der Waals surface area contributed by atoms with Crippen molar-refractivity contribution in [1.82, 2.24) is 24.1 Å². The van der Waals surface area contributed by atoms with Crippen molar-refractivity contribution in [3.63, 3.8) is 0 Å². The molecule has 4 aromatic heterocycles. The number of rotatable bonds is 6. The molecule has 0 fully saturated rings. The molecule has 4 heterocycles. The van der Waals surface area contributed by atoms with Gasteiger partial charge in [0.05, 0.1) is 39.4 Å². The maximum absolute atomic E-state index is 10.5. The van der Waals surface area contributed by atoms with E-state index in [9.17, 15) is 5.26 Å². The summed E-state index contributed by atoms with van der Waals surface area (Å²) in [6.45, 7) is 0. The maximum Gasteiger partial charge on any atom is 0.166 e. The molecule has 7 nitrogen and oxygen atoms in total. The Labute approximate surface area is 372 Å². The van der Waals surface area contributed by atoms with Crippen LogP contribution in [0, 0.1) is 11.3 Å². The molecular weight excluding hydrogens is 797 g/mol. The number of furan rings is 1. The van der Waals surface area contributed by atoms with Crippen molar-refractivity contribution in [2.24, 2.45) is 0 Å². The highest BCUT2D eigenvalue weighted by atomic mass is 16.3. The molecule has 13 rings (SSSR count). The predicted molar refractivity (Wildman–Crippen MR) is 262 cm³/mol. The largest absolute Gasteiger partial charge is 0.456 e. The molecule has 0 aliphatic heterocycles. The summed E-state index contributed by atoms with van der Waals surface area (Å²) in [5.74, 6) is 1.47. The molecule has 0 amide bonds. The summed E-state index contributed by atoms with van der Waals surface area (Å²) < 4.78 is 10.9. The molecular formula is C58H34N6O. The van der Waals surface area contributed by atoms with Gasteiger partial charge in [0.15, 0.2) is 17.5 Å². The third kappa shape index (κ3) is 5.71. The second-order valence-electron chi connectivity index (χ2n) is 16.3. The lowest BCUT2D eigenvalue weighted by molar-refractivity contribution is 0.669. The average Bonchev–Trinajstić information content (AvgIpc) is 4.04. The highest BCUT2D eigenvalue weighted by Gasteiger charge is 2.24. The van der Waals surface area contributed by atoms with Gasteiger partial charge in [0.25, 0.3) is 0 Å². The van der Waals surface area contributed by atoms with Crippen LogP contribution in [0.2, 0.25) is 0 Å². The highest BCUT2D eigenvalue weighted by molar-refractivity contribution is 6.26. The number of hydrogen-bond acceptors (Lipinski definition) is 5. The van der Waals surface area contributed by atoms with Crippen LogP contribution in [0.4, 0.5) is 0 Å². The van der Waals surface area contributed by atoms with Crippen LogP contribution in [-0.4, -0.2) is 24.1 Å². The van der Waals surface area contributed by atoms with Crippen molar-refractivity contribution in [3.8, 4) is 62.7 Å². The van der Waals surface area contributed by atoms with Gasteiger partial charge >= 0.3 is 0 Å². The summed E-state index contributed by atoms with van der Waals surface area (Å²) in [5, 5.41) is 17.0. The predicted octanol–water partition coefficient (Wildman–Crippen LogP) is 14.5. The summed E-state index contributed by atoms with van der Waals surface area (Å²) in [7, 11) is 0. The van der Waals surface area contributed by atoms with E-state index in [0.29, 0.717) is 28.6 Å². The molecule has 0 N–H and O–H groups in total. The molecule has 13 aromatic rings. The van der Waals surface area contributed by atoms with E-state index in [0.717, 1.165) is 99.2 Å². The molecule has 0 radical (unpaired) electrons. The van der Waals surface area contributed by atoms with Crippen molar-refractivity contribution in [2.45, 2.75) is 0 Å². The van der Waals surface area contributed by atoms with Gasteiger partial charge in [-0.05, 0) is 83.9 Å². The average molecular weight is 831 g/mol. The van der Waals surface area contributed by atoms with E-state index in [4.69, 9.17) is 19.4 Å². The normalized spacial score (nSPS) is 11.7. The number of benzene rings is 9. The lowest BCUT2D eigenvalue weighted by Gasteiger charge is -2.16. The standard InChI is InChI=1S/C58H34N6O/c59-35-36-27-30-50(64-48-24-12-9-20-41(48)43-29-31-51-54(55(43)64)45-23-10-13-25-49(45)63(51)39-17-5-2-6-18-39)47(33-36)58-61-56(38-28-32-53-46(34-38)42-21-11-14-26-52(42)65-53)60-57(62-58)44-22-8-7-19-40(44)37-15-3-1-4-16-37/h1-34H. The Kier molecular flexibility index (Phi) is 8.14. The first kappa shape index (κ1) is 36.5. The zero-order valence-electron chi connectivity index (χ0n) is 34.7. The lowest BCUT2D eigenvalue weighted by Crippen LogP contribution is -2.04. The highest BCUT2D eigenvalue weighted by Crippen LogP contribution is 2.44. The maximum atomic E-state index is 10.5. The fourth-order valence-corrected chi connectivity index (χ4v) is 9.75. The van der Waals surface area contributed by atoms with E-state index in [1.54, 1.807) is 0 Å². The number of hydrogen-bond donors (Lipinski definition) is 0. The van der Waals surface area contributed by atoms with Crippen LogP contribution in [0.3, 0.4) is 0 Å². The van der Waals surface area contributed by atoms with Crippen LogP contribution >= 0.6 is 0 Å². The molecule has 302 valence electrons. The molecule has 0 aliphatic carbocycles. The van der Waals surface area contributed by atoms with Gasteiger partial charge in [0.2, 0.25) is 0 Å². The quantitative estimate of drug-likeness (QED) is 0.167. The van der Waals surface area contributed by atoms with Crippen LogP contribution in [0.15, 0.2) is 211 Å². The van der Waals surface area contributed by atoms with Crippen LogP contribution in [-0.2, 0) is 0 Å². The number of nitrogens with zero attached hydrogens (tertiary/aromatic N) is 6. The number of fused-ring (bicyclic) bond motifs is 10. The molecule has 0 atom stereocenters. The van der Waals surface area contributed by atoms with E-state index in [1.165, 1.54) is 0 Å². The Morgan fingerprint density at radius 2 is 1.03 bits per heavy atom. The number of aromatic nitrogens is 5. The minimum atomic E-state index is 0.446. The first-order valence-electron chi connectivity index (χ1n) is 21.6. The molecule has 7 heteroatoms. The minimum Gasteiger partial charge on any atom is -0.456 e. The summed E-state index contributed by atoms with van der Waals surface area (Å²) in [4.78, 5) is 16.0. The number of nitriles is 1.